The lowest BCUT2D eigenvalue weighted by atomic mass is 9.95. The fourth-order valence-corrected chi connectivity index (χ4v) is 8.41. The molecule has 0 fully saturated rings. The Labute approximate surface area is 324 Å². The van der Waals surface area contributed by atoms with Crippen molar-refractivity contribution >= 4 is 49.3 Å². The first-order valence-electron chi connectivity index (χ1n) is 19.2. The van der Waals surface area contributed by atoms with Crippen molar-refractivity contribution in [3.63, 3.8) is 0 Å². The lowest BCUT2D eigenvalue weighted by molar-refractivity contribution is 0.666. The molecule has 0 amide bonds. The van der Waals surface area contributed by atoms with Crippen molar-refractivity contribution < 1.29 is 4.42 Å². The number of fused-ring (bicyclic) bond motifs is 6. The summed E-state index contributed by atoms with van der Waals surface area (Å²) in [7, 11) is 0. The highest BCUT2D eigenvalue weighted by Crippen LogP contribution is 2.43. The summed E-state index contributed by atoms with van der Waals surface area (Å²) in [6.45, 7) is 0. The number of para-hydroxylation sites is 2. The Balaban J connectivity index is 1.17. The van der Waals surface area contributed by atoms with E-state index in [1.807, 2.05) is 30.3 Å². The van der Waals surface area contributed by atoms with Crippen molar-refractivity contribution in [2.45, 2.75) is 12.8 Å². The Morgan fingerprint density at radius 3 is 2.00 bits per heavy atom. The Bertz CT molecular complexity index is 3110. The summed E-state index contributed by atoms with van der Waals surface area (Å²) in [6, 6.07) is 60.0. The Morgan fingerprint density at radius 1 is 0.500 bits per heavy atom. The van der Waals surface area contributed by atoms with Crippen molar-refractivity contribution in [3.05, 3.63) is 194 Å². The second-order valence-electron chi connectivity index (χ2n) is 14.5. The zero-order valence-corrected chi connectivity index (χ0v) is 30.6. The van der Waals surface area contributed by atoms with Crippen molar-refractivity contribution in [2.24, 2.45) is 0 Å². The highest BCUT2D eigenvalue weighted by atomic mass is 16.3. The van der Waals surface area contributed by atoms with Gasteiger partial charge in [-0.15, -0.1) is 0 Å². The van der Waals surface area contributed by atoms with Crippen LogP contribution in [0.25, 0.3) is 100 Å². The van der Waals surface area contributed by atoms with Crippen LogP contribution in [-0.4, -0.2) is 14.5 Å². The summed E-state index contributed by atoms with van der Waals surface area (Å²) in [5.74, 6) is 0.696. The minimum absolute atomic E-state index is 0.696. The van der Waals surface area contributed by atoms with Gasteiger partial charge in [-0.25, -0.2) is 9.97 Å². The van der Waals surface area contributed by atoms with Gasteiger partial charge in [0.2, 0.25) is 0 Å². The van der Waals surface area contributed by atoms with E-state index in [1.54, 1.807) is 0 Å². The minimum atomic E-state index is 0.696. The van der Waals surface area contributed by atoms with Crippen LogP contribution in [0, 0.1) is 0 Å². The molecule has 264 valence electrons. The number of hydrogen-bond acceptors (Lipinski definition) is 3. The SMILES string of the molecule is C1=CCCC(c2ccc(-c3cc(-n4c5ccccc5c5c(-c6cc(-c7ccccc7)nc(-c7ccccc7)n6)cccc54)c4oc5ccccc5c4c3)cc2)=C1. The lowest BCUT2D eigenvalue weighted by Crippen LogP contribution is -1.97. The second kappa shape index (κ2) is 13.2. The van der Waals surface area contributed by atoms with Crippen LogP contribution >= 0.6 is 0 Å². The van der Waals surface area contributed by atoms with Gasteiger partial charge < -0.3 is 8.98 Å². The predicted molar refractivity (Wildman–Crippen MR) is 232 cm³/mol. The first kappa shape index (κ1) is 32.2. The molecule has 4 heteroatoms. The van der Waals surface area contributed by atoms with Crippen LogP contribution in [0.5, 0.6) is 0 Å². The zero-order valence-electron chi connectivity index (χ0n) is 30.6. The van der Waals surface area contributed by atoms with Gasteiger partial charge in [-0.1, -0.05) is 152 Å². The fraction of sp³-hybridized carbons (Fsp3) is 0.0385. The van der Waals surface area contributed by atoms with E-state index in [0.29, 0.717) is 5.82 Å². The number of benzene rings is 7. The average Bonchev–Trinajstić information content (AvgIpc) is 3.83. The van der Waals surface area contributed by atoms with Crippen LogP contribution in [0.1, 0.15) is 18.4 Å². The van der Waals surface area contributed by atoms with E-state index in [4.69, 9.17) is 14.4 Å². The maximum absolute atomic E-state index is 6.78. The molecule has 1 aliphatic rings. The Hall–Kier alpha value is -7.30. The van der Waals surface area contributed by atoms with Gasteiger partial charge >= 0.3 is 0 Å². The minimum Gasteiger partial charge on any atom is -0.454 e. The molecule has 0 saturated carbocycles. The van der Waals surface area contributed by atoms with Crippen LogP contribution in [0.2, 0.25) is 0 Å². The summed E-state index contributed by atoms with van der Waals surface area (Å²) >= 11 is 0. The fourth-order valence-electron chi connectivity index (χ4n) is 8.41. The topological polar surface area (TPSA) is 43.9 Å². The van der Waals surface area contributed by atoms with Gasteiger partial charge in [0, 0.05) is 38.2 Å². The highest BCUT2D eigenvalue weighted by molar-refractivity contribution is 6.17. The second-order valence-corrected chi connectivity index (χ2v) is 14.5. The molecule has 0 bridgehead atoms. The standard InChI is InChI=1S/C52H35N3O/c1-4-15-34(16-5-1)35-27-29-36(30-28-35)39-31-43-40-21-11-13-26-49(40)56-51(43)48(32-39)55-46-24-12-10-22-42(46)50-41(23-14-25-47(50)55)45-33-44(37-17-6-2-7-18-37)53-52(54-45)38-19-8-3-9-20-38/h1-4,6-15,17-33H,5,16H2. The third-order valence-corrected chi connectivity index (χ3v) is 11.1. The average molecular weight is 718 g/mol. The highest BCUT2D eigenvalue weighted by Gasteiger charge is 2.22. The van der Waals surface area contributed by atoms with Gasteiger partial charge in [-0.05, 0) is 71.5 Å². The van der Waals surface area contributed by atoms with Gasteiger partial charge in [0.05, 0.1) is 28.1 Å². The Morgan fingerprint density at radius 2 is 1.20 bits per heavy atom. The van der Waals surface area contributed by atoms with Crippen molar-refractivity contribution in [1.29, 1.82) is 0 Å². The molecule has 0 saturated heterocycles. The normalized spacial score (nSPS) is 12.9. The zero-order chi connectivity index (χ0) is 37.0. The van der Waals surface area contributed by atoms with E-state index in [-0.39, 0.29) is 0 Å². The molecule has 4 nitrogen and oxygen atoms in total. The molecule has 3 aromatic heterocycles. The van der Waals surface area contributed by atoms with Crippen LogP contribution < -0.4 is 0 Å². The van der Waals surface area contributed by atoms with Gasteiger partial charge in [-0.3, -0.25) is 0 Å². The van der Waals surface area contributed by atoms with E-state index < -0.39 is 0 Å². The molecule has 0 atom stereocenters. The van der Waals surface area contributed by atoms with Gasteiger partial charge in [0.1, 0.15) is 5.58 Å². The molecular formula is C52H35N3O. The quantitative estimate of drug-likeness (QED) is 0.172. The number of hydrogen-bond donors (Lipinski definition) is 0. The molecule has 10 aromatic rings. The van der Waals surface area contributed by atoms with Crippen LogP contribution in [0.4, 0.5) is 0 Å². The summed E-state index contributed by atoms with van der Waals surface area (Å²) < 4.78 is 9.17. The van der Waals surface area contributed by atoms with Crippen molar-refractivity contribution in [1.82, 2.24) is 14.5 Å². The molecule has 56 heavy (non-hydrogen) atoms. The molecule has 0 unspecified atom stereocenters. The third kappa shape index (κ3) is 5.38. The summed E-state index contributed by atoms with van der Waals surface area (Å²) in [4.78, 5) is 10.4. The molecule has 1 aliphatic carbocycles. The van der Waals surface area contributed by atoms with Crippen molar-refractivity contribution in [3.8, 4) is 50.7 Å². The maximum atomic E-state index is 6.78. The number of rotatable bonds is 6. The number of furan rings is 1. The van der Waals surface area contributed by atoms with E-state index in [2.05, 4.69) is 162 Å². The number of aromatic nitrogens is 3. The van der Waals surface area contributed by atoms with Gasteiger partial charge in [0.15, 0.2) is 11.4 Å². The molecule has 0 aliphatic heterocycles. The van der Waals surface area contributed by atoms with Crippen LogP contribution in [0.15, 0.2) is 193 Å². The maximum Gasteiger partial charge on any atom is 0.160 e. The Kier molecular flexibility index (Phi) is 7.59. The molecule has 0 radical (unpaired) electrons. The van der Waals surface area contributed by atoms with E-state index in [1.165, 1.54) is 16.7 Å². The predicted octanol–water partition coefficient (Wildman–Crippen LogP) is 13.9. The lowest BCUT2D eigenvalue weighted by Gasteiger charge is -2.13. The first-order valence-corrected chi connectivity index (χ1v) is 19.2. The van der Waals surface area contributed by atoms with E-state index in [0.717, 1.165) is 95.9 Å². The smallest absolute Gasteiger partial charge is 0.160 e. The third-order valence-electron chi connectivity index (χ3n) is 11.1. The van der Waals surface area contributed by atoms with E-state index in [9.17, 15) is 0 Å². The van der Waals surface area contributed by atoms with E-state index >= 15 is 0 Å². The first-order chi connectivity index (χ1) is 27.8. The molecule has 11 rings (SSSR count). The monoisotopic (exact) mass is 717 g/mol. The molecule has 0 N–H and O–H groups in total. The van der Waals surface area contributed by atoms with Crippen LogP contribution in [-0.2, 0) is 0 Å². The summed E-state index contributed by atoms with van der Waals surface area (Å²) in [5.41, 5.74) is 14.7. The number of allylic oxidation sites excluding steroid dienone is 4. The summed E-state index contributed by atoms with van der Waals surface area (Å²) in [5, 5.41) is 4.47. The molecule has 0 spiro atoms. The van der Waals surface area contributed by atoms with Gasteiger partial charge in [-0.2, -0.15) is 0 Å². The van der Waals surface area contributed by atoms with Gasteiger partial charge in [0.25, 0.3) is 0 Å². The number of nitrogens with zero attached hydrogens (tertiary/aromatic N) is 3. The van der Waals surface area contributed by atoms with Crippen molar-refractivity contribution in [2.75, 3.05) is 0 Å². The molecule has 7 aromatic carbocycles. The largest absolute Gasteiger partial charge is 0.454 e. The molecular weight excluding hydrogens is 683 g/mol. The van der Waals surface area contributed by atoms with Crippen LogP contribution in [0.3, 0.4) is 0 Å². The summed E-state index contributed by atoms with van der Waals surface area (Å²) in [6.07, 6.45) is 8.80. The molecule has 3 heterocycles.